The highest BCUT2D eigenvalue weighted by Crippen LogP contribution is 2.46. The van der Waals surface area contributed by atoms with Crippen molar-refractivity contribution in [2.45, 2.75) is 69.1 Å². The van der Waals surface area contributed by atoms with Gasteiger partial charge in [-0.25, -0.2) is 13.4 Å². The first-order valence-electron chi connectivity index (χ1n) is 15.0. The molecule has 1 amide bonds. The summed E-state index contributed by atoms with van der Waals surface area (Å²) in [7, 11) is 0.0500. The largest absolute Gasteiger partial charge is 0.488 e. The molecule has 0 unspecified atom stereocenters. The molecular weight excluding hydrogens is 600 g/mol. The molecule has 1 saturated heterocycles. The van der Waals surface area contributed by atoms with E-state index in [1.54, 1.807) is 57.1 Å². The molecule has 12 heteroatoms. The molecule has 2 aliphatic heterocycles. The van der Waals surface area contributed by atoms with Gasteiger partial charge in [0.25, 0.3) is 0 Å². The van der Waals surface area contributed by atoms with Crippen LogP contribution in [0.15, 0.2) is 41.4 Å². The number of likely N-dealkylation sites (N-methyl/N-ethyl adjacent to an activating group) is 1. The zero-order valence-corrected chi connectivity index (χ0v) is 27.7. The number of para-hydroxylation sites is 1. The van der Waals surface area contributed by atoms with Crippen LogP contribution in [0.5, 0.6) is 5.75 Å². The van der Waals surface area contributed by atoms with E-state index in [1.165, 1.54) is 22.9 Å². The molecule has 0 aliphatic carbocycles. The molecule has 1 atom stereocenters. The van der Waals surface area contributed by atoms with Crippen LogP contribution >= 0.6 is 11.6 Å². The van der Waals surface area contributed by atoms with Crippen LogP contribution in [0.1, 0.15) is 56.2 Å². The molecule has 2 aliphatic rings. The second kappa shape index (κ2) is 12.9. The second-order valence-corrected chi connectivity index (χ2v) is 15.0. The molecule has 0 radical (unpaired) electrons. The highest BCUT2D eigenvalue weighted by molar-refractivity contribution is 7.92. The summed E-state index contributed by atoms with van der Waals surface area (Å²) in [5, 5.41) is 6.12. The van der Waals surface area contributed by atoms with Crippen molar-refractivity contribution < 1.29 is 17.9 Å². The third kappa shape index (κ3) is 6.64. The van der Waals surface area contributed by atoms with Crippen LogP contribution in [0.25, 0.3) is 0 Å². The minimum atomic E-state index is -3.54. The standard InChI is InChI=1S/C32H41ClN6O4S/c1-19(2)44(41,42)27-10-8-7-9-25(27)35-31-24(33)17-34-32(37-31)36-26-15-20(3)29(23-16-21(4)43-30(23)26)22-11-13-39(14-12-22)18-28(40)38(5)6/h7-10,15,17,19,21-22H,11-14,16,18H2,1-6H3,(H2,34,35,36,37)/t21-/m0/s1. The van der Waals surface area contributed by atoms with Crippen LogP contribution in [-0.2, 0) is 21.1 Å². The number of amides is 1. The number of benzene rings is 2. The van der Waals surface area contributed by atoms with Crippen molar-refractivity contribution >= 4 is 50.5 Å². The number of aromatic nitrogens is 2. The molecule has 0 saturated carbocycles. The average Bonchev–Trinajstić information content (AvgIpc) is 3.37. The number of fused-ring (bicyclic) bond motifs is 1. The normalized spacial score (nSPS) is 17.3. The Morgan fingerprint density at radius 1 is 1.16 bits per heavy atom. The summed E-state index contributed by atoms with van der Waals surface area (Å²) in [5.74, 6) is 1.92. The van der Waals surface area contributed by atoms with Crippen LogP contribution in [0.3, 0.4) is 0 Å². The van der Waals surface area contributed by atoms with Gasteiger partial charge < -0.3 is 20.3 Å². The number of ether oxygens (including phenoxy) is 1. The molecule has 10 nitrogen and oxygen atoms in total. The Morgan fingerprint density at radius 3 is 2.55 bits per heavy atom. The minimum absolute atomic E-state index is 0.0340. The molecule has 0 bridgehead atoms. The van der Waals surface area contributed by atoms with E-state index in [4.69, 9.17) is 16.3 Å². The topological polar surface area (TPSA) is 117 Å². The Bertz CT molecular complexity index is 1650. The fraction of sp³-hybridized carbons (Fsp3) is 0.469. The molecule has 2 aromatic carbocycles. The third-order valence-electron chi connectivity index (χ3n) is 8.35. The van der Waals surface area contributed by atoms with Crippen LogP contribution < -0.4 is 15.4 Å². The number of nitrogens with one attached hydrogen (secondary N) is 2. The molecule has 1 aromatic heterocycles. The van der Waals surface area contributed by atoms with Gasteiger partial charge in [-0.1, -0.05) is 23.7 Å². The van der Waals surface area contributed by atoms with Gasteiger partial charge in [0.1, 0.15) is 16.9 Å². The number of likely N-dealkylation sites (tertiary alicyclic amines) is 1. The molecule has 44 heavy (non-hydrogen) atoms. The number of hydrogen-bond donors (Lipinski definition) is 2. The number of piperidine rings is 1. The molecule has 3 heterocycles. The number of carbonyl (C=O) groups excluding carboxylic acids is 1. The zero-order chi connectivity index (χ0) is 31.8. The smallest absolute Gasteiger partial charge is 0.236 e. The Hall–Kier alpha value is -3.41. The van der Waals surface area contributed by atoms with Crippen molar-refractivity contribution in [1.29, 1.82) is 0 Å². The van der Waals surface area contributed by atoms with Crippen molar-refractivity contribution in [2.24, 2.45) is 0 Å². The monoisotopic (exact) mass is 640 g/mol. The summed E-state index contributed by atoms with van der Waals surface area (Å²) < 4.78 is 32.3. The van der Waals surface area contributed by atoms with Crippen molar-refractivity contribution in [3.8, 4) is 5.75 Å². The minimum Gasteiger partial charge on any atom is -0.488 e. The lowest BCUT2D eigenvalue weighted by Gasteiger charge is -2.33. The Morgan fingerprint density at radius 2 is 1.86 bits per heavy atom. The lowest BCUT2D eigenvalue weighted by molar-refractivity contribution is -0.130. The van der Waals surface area contributed by atoms with Crippen molar-refractivity contribution in [1.82, 2.24) is 19.8 Å². The van der Waals surface area contributed by atoms with E-state index in [-0.39, 0.29) is 27.7 Å². The van der Waals surface area contributed by atoms with Crippen LogP contribution in [0, 0.1) is 6.92 Å². The predicted molar refractivity (Wildman–Crippen MR) is 174 cm³/mol. The molecule has 5 rings (SSSR count). The van der Waals surface area contributed by atoms with Crippen molar-refractivity contribution in [2.75, 3.05) is 44.4 Å². The number of halogens is 1. The van der Waals surface area contributed by atoms with Crippen LogP contribution in [-0.4, -0.2) is 79.2 Å². The Labute approximate surface area is 265 Å². The average molecular weight is 641 g/mol. The first-order chi connectivity index (χ1) is 20.8. The highest BCUT2D eigenvalue weighted by atomic mass is 35.5. The predicted octanol–water partition coefficient (Wildman–Crippen LogP) is 5.70. The molecule has 1 fully saturated rings. The van der Waals surface area contributed by atoms with Gasteiger partial charge in [-0.05, 0) is 88.9 Å². The van der Waals surface area contributed by atoms with Gasteiger partial charge in [0.2, 0.25) is 11.9 Å². The summed E-state index contributed by atoms with van der Waals surface area (Å²) in [6.07, 6.45) is 4.30. The lowest BCUT2D eigenvalue weighted by atomic mass is 9.82. The number of nitrogens with zero attached hydrogens (tertiary/aromatic N) is 4. The van der Waals surface area contributed by atoms with Gasteiger partial charge in [0.15, 0.2) is 15.7 Å². The third-order valence-corrected chi connectivity index (χ3v) is 10.8. The van der Waals surface area contributed by atoms with E-state index < -0.39 is 15.1 Å². The maximum atomic E-state index is 13.0. The fourth-order valence-corrected chi connectivity index (χ4v) is 7.30. The molecule has 2 N–H and O–H groups in total. The van der Waals surface area contributed by atoms with E-state index in [0.29, 0.717) is 24.1 Å². The first-order valence-corrected chi connectivity index (χ1v) is 16.9. The molecular formula is C32H41ClN6O4S. The van der Waals surface area contributed by atoms with Gasteiger partial charge in [0.05, 0.1) is 34.3 Å². The summed E-state index contributed by atoms with van der Waals surface area (Å²) >= 11 is 6.46. The zero-order valence-electron chi connectivity index (χ0n) is 26.1. The van der Waals surface area contributed by atoms with Crippen LogP contribution in [0.2, 0.25) is 5.02 Å². The number of sulfone groups is 1. The van der Waals surface area contributed by atoms with E-state index in [2.05, 4.69) is 45.4 Å². The summed E-state index contributed by atoms with van der Waals surface area (Å²) in [6.45, 7) is 9.72. The van der Waals surface area contributed by atoms with Gasteiger partial charge in [-0.15, -0.1) is 0 Å². The maximum Gasteiger partial charge on any atom is 0.236 e. The SMILES string of the molecule is Cc1cc(Nc2ncc(Cl)c(Nc3ccccc3S(=O)(=O)C(C)C)n2)c2c(c1C1CCN(CC(=O)N(C)C)CC1)C[C@H](C)O2. The van der Waals surface area contributed by atoms with Crippen molar-refractivity contribution in [3.63, 3.8) is 0 Å². The van der Waals surface area contributed by atoms with Gasteiger partial charge >= 0.3 is 0 Å². The summed E-state index contributed by atoms with van der Waals surface area (Å²) in [4.78, 5) is 25.3. The van der Waals surface area contributed by atoms with Crippen molar-refractivity contribution in [3.05, 3.63) is 58.2 Å². The lowest BCUT2D eigenvalue weighted by Crippen LogP contribution is -2.40. The van der Waals surface area contributed by atoms with Crippen LogP contribution in [0.4, 0.5) is 23.1 Å². The molecule has 3 aromatic rings. The maximum absolute atomic E-state index is 13.0. The Balaban J connectivity index is 1.39. The highest BCUT2D eigenvalue weighted by Gasteiger charge is 2.32. The number of hydrogen-bond acceptors (Lipinski definition) is 9. The number of rotatable bonds is 9. The number of anilines is 4. The fourth-order valence-electron chi connectivity index (χ4n) is 5.96. The summed E-state index contributed by atoms with van der Waals surface area (Å²) in [6, 6.07) is 8.80. The van der Waals surface area contributed by atoms with Gasteiger partial charge in [-0.2, -0.15) is 4.98 Å². The first kappa shape index (κ1) is 32.0. The van der Waals surface area contributed by atoms with E-state index >= 15 is 0 Å². The molecule has 236 valence electrons. The Kier molecular flexibility index (Phi) is 9.38. The quantitative estimate of drug-likeness (QED) is 0.304. The summed E-state index contributed by atoms with van der Waals surface area (Å²) in [5.41, 5.74) is 4.89. The van der Waals surface area contributed by atoms with E-state index in [0.717, 1.165) is 43.8 Å². The van der Waals surface area contributed by atoms with Gasteiger partial charge in [0, 0.05) is 26.1 Å². The van der Waals surface area contributed by atoms with Gasteiger partial charge in [-0.3, -0.25) is 9.69 Å². The number of aryl methyl sites for hydroxylation is 1. The number of carbonyl (C=O) groups is 1. The van der Waals surface area contributed by atoms with E-state index in [1.807, 2.05) is 0 Å². The second-order valence-electron chi connectivity index (χ2n) is 12.2. The van der Waals surface area contributed by atoms with E-state index in [9.17, 15) is 13.2 Å². The molecule has 0 spiro atoms.